The van der Waals surface area contributed by atoms with Gasteiger partial charge < -0.3 is 34.9 Å². The van der Waals surface area contributed by atoms with Crippen LogP contribution in [0.25, 0.3) is 6.08 Å². The van der Waals surface area contributed by atoms with Crippen LogP contribution in [0.4, 0.5) is 0 Å². The van der Waals surface area contributed by atoms with E-state index in [0.29, 0.717) is 11.1 Å². The van der Waals surface area contributed by atoms with Crippen LogP contribution in [0.5, 0.6) is 0 Å². The van der Waals surface area contributed by atoms with Gasteiger partial charge in [-0.2, -0.15) is 5.06 Å². The van der Waals surface area contributed by atoms with Crippen molar-refractivity contribution in [2.24, 2.45) is 5.41 Å². The number of hydroxylamine groups is 2. The zero-order valence-corrected chi connectivity index (χ0v) is 31.6. The third kappa shape index (κ3) is 6.91. The molecule has 0 radical (unpaired) electrons. The Balaban J connectivity index is 1.17. The molecule has 57 heavy (non-hydrogen) atoms. The van der Waals surface area contributed by atoms with Crippen molar-refractivity contribution in [2.45, 2.75) is 55.8 Å². The van der Waals surface area contributed by atoms with E-state index in [1.165, 1.54) is 16.0 Å². The monoisotopic (exact) mass is 772 g/mol. The zero-order chi connectivity index (χ0) is 39.7. The van der Waals surface area contributed by atoms with Crippen molar-refractivity contribution in [1.82, 2.24) is 20.6 Å². The average molecular weight is 773 g/mol. The Kier molecular flexibility index (Phi) is 10.5. The lowest BCUT2D eigenvalue weighted by atomic mass is 9.62. The largest absolute Gasteiger partial charge is 0.458 e. The van der Waals surface area contributed by atoms with Gasteiger partial charge in [-0.05, 0) is 34.9 Å². The Bertz CT molecular complexity index is 2140. The Morgan fingerprint density at radius 3 is 2.26 bits per heavy atom. The fourth-order valence-corrected chi connectivity index (χ4v) is 8.45. The summed E-state index contributed by atoms with van der Waals surface area (Å²) in [7, 11) is 3.34. The molecular weight excluding hydrogens is 729 g/mol. The molecule has 1 saturated carbocycles. The first-order chi connectivity index (χ1) is 27.6. The lowest BCUT2D eigenvalue weighted by Crippen LogP contribution is -2.69. The molecule has 0 spiro atoms. The first kappa shape index (κ1) is 38.2. The van der Waals surface area contributed by atoms with E-state index in [0.717, 1.165) is 22.3 Å². The fourth-order valence-electron chi connectivity index (χ4n) is 8.45. The molecule has 0 unspecified atom stereocenters. The predicted molar refractivity (Wildman–Crippen MR) is 206 cm³/mol. The van der Waals surface area contributed by atoms with Gasteiger partial charge in [0.05, 0.1) is 13.2 Å². The van der Waals surface area contributed by atoms with Gasteiger partial charge in [-0.25, -0.2) is 0 Å². The topological polar surface area (TPSA) is 156 Å². The number of nitrogens with zero attached hydrogens (tertiary/aromatic N) is 2. The minimum atomic E-state index is -1.48. The van der Waals surface area contributed by atoms with E-state index in [1.54, 1.807) is 44.4 Å². The minimum absolute atomic E-state index is 0.0534. The lowest BCUT2D eigenvalue weighted by molar-refractivity contribution is -0.213. The summed E-state index contributed by atoms with van der Waals surface area (Å²) in [5, 5.41) is 16.4. The standard InChI is InChI=1S/C44H44N4O9/c1-47(2)35(50)21-20-29-13-9-10-14-31(29)27-48-38-41(52)54-34-25-43(38,42(53)46-26-28-12-11-15-30(24-28)40(51)45-22-23-49)39(57-48)37-36(34)55-44(56-37,32-16-5-3-6-17-32)33-18-7-4-8-19-33/h3-21,24,34,36-39,49H,22-23,25-27H2,1-2H3,(H,45,51)(H,46,53)/t34-,36-,37-,38-,39+,43-/m0/s1. The van der Waals surface area contributed by atoms with Crippen LogP contribution in [0.2, 0.25) is 0 Å². The quantitative estimate of drug-likeness (QED) is 0.144. The van der Waals surface area contributed by atoms with Gasteiger partial charge in [-0.15, -0.1) is 0 Å². The molecule has 8 rings (SSSR count). The molecule has 3 amide bonds. The molecule has 3 heterocycles. The number of hydrogen-bond acceptors (Lipinski definition) is 10. The van der Waals surface area contributed by atoms with Gasteiger partial charge in [0.1, 0.15) is 29.8 Å². The molecule has 4 aromatic carbocycles. The summed E-state index contributed by atoms with van der Waals surface area (Å²) >= 11 is 0. The number of rotatable bonds is 12. The number of fused-ring (bicyclic) bond motifs is 4. The number of nitrogens with one attached hydrogen (secondary N) is 2. The second kappa shape index (κ2) is 15.7. The minimum Gasteiger partial charge on any atom is -0.458 e. The van der Waals surface area contributed by atoms with Crippen molar-refractivity contribution in [1.29, 1.82) is 0 Å². The highest BCUT2D eigenvalue weighted by molar-refractivity contribution is 5.95. The van der Waals surface area contributed by atoms with Gasteiger partial charge in [-0.1, -0.05) is 97.1 Å². The Labute approximate surface area is 330 Å². The molecule has 2 bridgehead atoms. The molecule has 294 valence electrons. The van der Waals surface area contributed by atoms with Crippen LogP contribution in [-0.2, 0) is 52.3 Å². The summed E-state index contributed by atoms with van der Waals surface area (Å²) in [6.07, 6.45) is -0.185. The van der Waals surface area contributed by atoms with Crippen LogP contribution in [0.15, 0.2) is 115 Å². The molecule has 13 nitrogen and oxygen atoms in total. The number of likely N-dealkylation sites (N-methyl/N-ethyl adjacent to an activating group) is 1. The molecule has 4 aliphatic rings. The highest BCUT2D eigenvalue weighted by Gasteiger charge is 2.76. The summed E-state index contributed by atoms with van der Waals surface area (Å²) in [6.45, 7) is 0.0507. The van der Waals surface area contributed by atoms with Crippen LogP contribution in [-0.4, -0.2) is 96.5 Å². The third-order valence-electron chi connectivity index (χ3n) is 11.2. The van der Waals surface area contributed by atoms with Crippen LogP contribution in [0, 0.1) is 5.41 Å². The molecule has 6 atom stereocenters. The van der Waals surface area contributed by atoms with E-state index in [1.807, 2.05) is 84.9 Å². The number of ether oxygens (including phenoxy) is 3. The first-order valence-corrected chi connectivity index (χ1v) is 19.0. The summed E-state index contributed by atoms with van der Waals surface area (Å²) in [6, 6.07) is 32.2. The second-order valence-electron chi connectivity index (χ2n) is 14.9. The maximum Gasteiger partial charge on any atom is 0.327 e. The molecule has 1 aliphatic carbocycles. The van der Waals surface area contributed by atoms with Crippen LogP contribution in [0.1, 0.15) is 44.6 Å². The van der Waals surface area contributed by atoms with Crippen molar-refractivity contribution < 1.29 is 43.3 Å². The SMILES string of the molecule is CN(C)C(=O)C=Cc1ccccc1CN1O[C@@H]2[C@H]3OC(c4ccccc4)(c4ccccc4)O[C@H]3[C@@H]3C[C@]2(C(=O)NCc2cccc(C(=O)NCCO)c2)[C@@H]1C(=O)O3. The van der Waals surface area contributed by atoms with Gasteiger partial charge in [0, 0.05) is 56.4 Å². The van der Waals surface area contributed by atoms with E-state index < -0.39 is 53.5 Å². The third-order valence-corrected chi connectivity index (χ3v) is 11.2. The number of aliphatic hydroxyl groups excluding tert-OH is 1. The molecule has 4 fully saturated rings. The molecule has 3 N–H and O–H groups in total. The van der Waals surface area contributed by atoms with Crippen LogP contribution < -0.4 is 10.6 Å². The summed E-state index contributed by atoms with van der Waals surface area (Å²) in [4.78, 5) is 62.8. The number of benzene rings is 4. The van der Waals surface area contributed by atoms with Gasteiger partial charge in [0.15, 0.2) is 6.04 Å². The number of aliphatic hydroxyl groups is 1. The Morgan fingerprint density at radius 2 is 1.56 bits per heavy atom. The predicted octanol–water partition coefficient (Wildman–Crippen LogP) is 3.31. The van der Waals surface area contributed by atoms with Crippen molar-refractivity contribution >= 4 is 29.8 Å². The van der Waals surface area contributed by atoms with Gasteiger partial charge in [0.2, 0.25) is 17.6 Å². The van der Waals surface area contributed by atoms with E-state index >= 15 is 0 Å². The van der Waals surface area contributed by atoms with Gasteiger partial charge in [0.25, 0.3) is 5.91 Å². The second-order valence-corrected chi connectivity index (χ2v) is 14.9. The number of carbonyl (C=O) groups excluding carboxylic acids is 4. The summed E-state index contributed by atoms with van der Waals surface area (Å²) in [5.41, 5.74) is 2.50. The molecule has 13 heteroatoms. The first-order valence-electron chi connectivity index (χ1n) is 19.0. The molecule has 3 aliphatic heterocycles. The number of carbonyl (C=O) groups is 4. The highest BCUT2D eigenvalue weighted by Crippen LogP contribution is 2.59. The molecule has 3 saturated heterocycles. The van der Waals surface area contributed by atoms with Crippen molar-refractivity contribution in [2.75, 3.05) is 27.2 Å². The molecule has 4 aromatic rings. The van der Waals surface area contributed by atoms with E-state index in [-0.39, 0.29) is 44.5 Å². The maximum atomic E-state index is 15.0. The number of hydrogen-bond donors (Lipinski definition) is 3. The van der Waals surface area contributed by atoms with Crippen molar-refractivity contribution in [3.8, 4) is 0 Å². The van der Waals surface area contributed by atoms with Gasteiger partial charge >= 0.3 is 5.97 Å². The van der Waals surface area contributed by atoms with Crippen molar-refractivity contribution in [3.05, 3.63) is 149 Å². The average Bonchev–Trinajstić information content (AvgIpc) is 3.82. The van der Waals surface area contributed by atoms with E-state index in [2.05, 4.69) is 10.6 Å². The smallest absolute Gasteiger partial charge is 0.327 e. The zero-order valence-electron chi connectivity index (χ0n) is 31.6. The van der Waals surface area contributed by atoms with Crippen LogP contribution >= 0.6 is 0 Å². The number of esters is 1. The van der Waals surface area contributed by atoms with Gasteiger partial charge in [-0.3, -0.25) is 24.0 Å². The Morgan fingerprint density at radius 1 is 0.877 bits per heavy atom. The maximum absolute atomic E-state index is 15.0. The highest BCUT2D eigenvalue weighted by atomic mass is 16.8. The van der Waals surface area contributed by atoms with E-state index in [4.69, 9.17) is 24.2 Å². The fraction of sp³-hybridized carbons (Fsp3) is 0.318. The van der Waals surface area contributed by atoms with Crippen molar-refractivity contribution in [3.63, 3.8) is 0 Å². The normalized spacial score (nSPS) is 25.7. The molecule has 0 aromatic heterocycles. The summed E-state index contributed by atoms with van der Waals surface area (Å²) < 4.78 is 20.2. The Hall–Kier alpha value is -5.70. The summed E-state index contributed by atoms with van der Waals surface area (Å²) in [5.74, 6) is -3.00. The van der Waals surface area contributed by atoms with E-state index in [9.17, 15) is 19.2 Å². The number of amides is 3. The molecular formula is C44H44N4O9. The van der Waals surface area contributed by atoms with Crippen LogP contribution in [0.3, 0.4) is 0 Å². The lowest BCUT2D eigenvalue weighted by Gasteiger charge is -2.48.